The van der Waals surface area contributed by atoms with Crippen LogP contribution >= 0.6 is 0 Å². The summed E-state index contributed by atoms with van der Waals surface area (Å²) < 4.78 is 13.5. The van der Waals surface area contributed by atoms with Crippen molar-refractivity contribution in [3.8, 4) is 0 Å². The summed E-state index contributed by atoms with van der Waals surface area (Å²) in [6.45, 7) is 1.80. The van der Waals surface area contributed by atoms with Crippen molar-refractivity contribution in [1.29, 1.82) is 0 Å². The van der Waals surface area contributed by atoms with Gasteiger partial charge in [-0.3, -0.25) is 9.78 Å². The lowest BCUT2D eigenvalue weighted by Crippen LogP contribution is -2.42. The molecule has 1 aliphatic rings. The molecule has 2 aromatic heterocycles. The number of halogens is 1. The number of fused-ring (bicyclic) bond motifs is 1. The zero-order valence-corrected chi connectivity index (χ0v) is 14.4. The minimum atomic E-state index is -0.332. The highest BCUT2D eigenvalue weighted by Gasteiger charge is 2.36. The number of hydrogen-bond donors (Lipinski definition) is 3. The minimum Gasteiger partial charge on any atom is -0.393 e. The lowest BCUT2D eigenvalue weighted by molar-refractivity contribution is 0.0227. The molecular formula is C20H20FN3O2. The summed E-state index contributed by atoms with van der Waals surface area (Å²) >= 11 is 0. The standard InChI is InChI=1S/C20H20FN3O2/c1-11-15-10-13(21)5-6-16(15)23-18(11)20(26)24-19(12-8-14(25)9-12)17-4-2-3-7-22-17/h2-7,10,12,14,19,23,25H,8-9H2,1H3,(H,24,26)/t12?,14?,19-/m1/s1. The molecule has 26 heavy (non-hydrogen) atoms. The van der Waals surface area contributed by atoms with Crippen molar-refractivity contribution >= 4 is 16.8 Å². The quantitative estimate of drug-likeness (QED) is 0.674. The number of carbonyl (C=O) groups is 1. The highest BCUT2D eigenvalue weighted by Crippen LogP contribution is 2.37. The van der Waals surface area contributed by atoms with Crippen molar-refractivity contribution < 1.29 is 14.3 Å². The fraction of sp³-hybridized carbons (Fsp3) is 0.300. The van der Waals surface area contributed by atoms with Crippen LogP contribution in [-0.4, -0.2) is 27.1 Å². The number of amides is 1. The van der Waals surface area contributed by atoms with E-state index in [0.717, 1.165) is 11.2 Å². The molecule has 5 nitrogen and oxygen atoms in total. The number of aliphatic hydroxyl groups is 1. The van der Waals surface area contributed by atoms with Crippen LogP contribution in [0.5, 0.6) is 0 Å². The van der Waals surface area contributed by atoms with Crippen LogP contribution in [0.25, 0.3) is 10.9 Å². The van der Waals surface area contributed by atoms with Gasteiger partial charge < -0.3 is 15.4 Å². The van der Waals surface area contributed by atoms with Crippen molar-refractivity contribution in [2.75, 3.05) is 0 Å². The maximum atomic E-state index is 13.5. The predicted molar refractivity (Wildman–Crippen MR) is 96.2 cm³/mol. The number of aromatic nitrogens is 2. The van der Waals surface area contributed by atoms with E-state index in [2.05, 4.69) is 15.3 Å². The maximum Gasteiger partial charge on any atom is 0.268 e. The number of hydrogen-bond acceptors (Lipinski definition) is 3. The van der Waals surface area contributed by atoms with Gasteiger partial charge in [-0.25, -0.2) is 4.39 Å². The minimum absolute atomic E-state index is 0.144. The molecule has 0 radical (unpaired) electrons. The molecule has 1 amide bonds. The van der Waals surface area contributed by atoms with Crippen LogP contribution in [0, 0.1) is 18.7 Å². The summed E-state index contributed by atoms with van der Waals surface area (Å²) in [5, 5.41) is 13.4. The first-order valence-corrected chi connectivity index (χ1v) is 8.70. The molecule has 4 rings (SSSR count). The number of rotatable bonds is 4. The van der Waals surface area contributed by atoms with Gasteiger partial charge in [0.15, 0.2) is 0 Å². The predicted octanol–water partition coefficient (Wildman–Crippen LogP) is 3.25. The summed E-state index contributed by atoms with van der Waals surface area (Å²) in [4.78, 5) is 20.4. The van der Waals surface area contributed by atoms with Gasteiger partial charge in [-0.2, -0.15) is 0 Å². The first-order chi connectivity index (χ1) is 12.5. The van der Waals surface area contributed by atoms with E-state index in [9.17, 15) is 14.3 Å². The Morgan fingerprint density at radius 2 is 2.15 bits per heavy atom. The van der Waals surface area contributed by atoms with Gasteiger partial charge in [-0.05, 0) is 61.6 Å². The molecule has 2 heterocycles. The normalized spacial score (nSPS) is 20.6. The molecule has 1 fully saturated rings. The lowest BCUT2D eigenvalue weighted by Gasteiger charge is -2.37. The number of H-pyrrole nitrogens is 1. The molecule has 0 aliphatic heterocycles. The zero-order valence-electron chi connectivity index (χ0n) is 14.4. The van der Waals surface area contributed by atoms with E-state index in [-0.39, 0.29) is 29.8 Å². The van der Waals surface area contributed by atoms with Crippen LogP contribution in [-0.2, 0) is 0 Å². The fourth-order valence-electron chi connectivity index (χ4n) is 3.63. The molecule has 6 heteroatoms. The van der Waals surface area contributed by atoms with Crippen LogP contribution in [0.3, 0.4) is 0 Å². The molecule has 1 saturated carbocycles. The van der Waals surface area contributed by atoms with Crippen LogP contribution < -0.4 is 5.32 Å². The summed E-state index contributed by atoms with van der Waals surface area (Å²) in [7, 11) is 0. The van der Waals surface area contributed by atoms with E-state index in [1.54, 1.807) is 19.2 Å². The van der Waals surface area contributed by atoms with E-state index in [4.69, 9.17) is 0 Å². The number of nitrogens with zero attached hydrogens (tertiary/aromatic N) is 1. The number of aromatic amines is 1. The summed E-state index contributed by atoms with van der Waals surface area (Å²) in [5.41, 5.74) is 2.64. The van der Waals surface area contributed by atoms with E-state index in [1.165, 1.54) is 12.1 Å². The Hall–Kier alpha value is -2.73. The molecule has 0 spiro atoms. The second kappa shape index (κ2) is 6.53. The van der Waals surface area contributed by atoms with Gasteiger partial charge in [0.05, 0.1) is 17.8 Å². The number of carbonyl (C=O) groups excluding carboxylic acids is 1. The van der Waals surface area contributed by atoms with Crippen molar-refractivity contribution in [2.45, 2.75) is 31.9 Å². The Bertz CT molecular complexity index is 948. The van der Waals surface area contributed by atoms with E-state index in [0.29, 0.717) is 29.5 Å². The van der Waals surface area contributed by atoms with Crippen molar-refractivity contribution in [3.63, 3.8) is 0 Å². The molecular weight excluding hydrogens is 333 g/mol. The lowest BCUT2D eigenvalue weighted by atomic mass is 9.76. The third kappa shape index (κ3) is 2.97. The smallest absolute Gasteiger partial charge is 0.268 e. The summed E-state index contributed by atoms with van der Waals surface area (Å²) in [5.74, 6) is -0.441. The second-order valence-corrected chi connectivity index (χ2v) is 6.91. The number of benzene rings is 1. The molecule has 1 aromatic carbocycles. The van der Waals surface area contributed by atoms with Crippen LogP contribution in [0.4, 0.5) is 4.39 Å². The average Bonchev–Trinajstić information content (AvgIpc) is 2.94. The topological polar surface area (TPSA) is 78.0 Å². The van der Waals surface area contributed by atoms with Crippen LogP contribution in [0.15, 0.2) is 42.6 Å². The summed E-state index contributed by atoms with van der Waals surface area (Å²) in [6.07, 6.45) is 2.65. The molecule has 1 aliphatic carbocycles. The van der Waals surface area contributed by atoms with Crippen LogP contribution in [0.2, 0.25) is 0 Å². The van der Waals surface area contributed by atoms with Gasteiger partial charge in [0.2, 0.25) is 0 Å². The summed E-state index contributed by atoms with van der Waals surface area (Å²) in [6, 6.07) is 9.75. The average molecular weight is 353 g/mol. The van der Waals surface area contributed by atoms with Gasteiger partial charge in [-0.1, -0.05) is 6.07 Å². The largest absolute Gasteiger partial charge is 0.393 e. The number of aryl methyl sites for hydroxylation is 1. The van der Waals surface area contributed by atoms with Crippen molar-refractivity contribution in [3.05, 3.63) is 65.4 Å². The van der Waals surface area contributed by atoms with Gasteiger partial charge >= 0.3 is 0 Å². The fourth-order valence-corrected chi connectivity index (χ4v) is 3.63. The number of nitrogens with one attached hydrogen (secondary N) is 2. The Morgan fingerprint density at radius 1 is 1.35 bits per heavy atom. The zero-order chi connectivity index (χ0) is 18.3. The molecule has 1 atom stereocenters. The molecule has 0 saturated heterocycles. The van der Waals surface area contributed by atoms with E-state index < -0.39 is 0 Å². The van der Waals surface area contributed by atoms with Crippen molar-refractivity contribution in [1.82, 2.24) is 15.3 Å². The van der Waals surface area contributed by atoms with Gasteiger partial charge in [-0.15, -0.1) is 0 Å². The SMILES string of the molecule is Cc1c(C(=O)N[C@@H](c2ccccn2)C2CC(O)C2)[nH]c2ccc(F)cc12. The number of aliphatic hydroxyl groups excluding tert-OH is 1. The molecule has 3 N–H and O–H groups in total. The Morgan fingerprint density at radius 3 is 2.85 bits per heavy atom. The molecule has 0 unspecified atom stereocenters. The van der Waals surface area contributed by atoms with Gasteiger partial charge in [0.25, 0.3) is 5.91 Å². The van der Waals surface area contributed by atoms with Crippen LogP contribution in [0.1, 0.15) is 40.6 Å². The van der Waals surface area contributed by atoms with Gasteiger partial charge in [0, 0.05) is 17.1 Å². The monoisotopic (exact) mass is 353 g/mol. The molecule has 134 valence electrons. The first-order valence-electron chi connectivity index (χ1n) is 8.70. The third-order valence-electron chi connectivity index (χ3n) is 5.16. The third-order valence-corrected chi connectivity index (χ3v) is 5.16. The van der Waals surface area contributed by atoms with Gasteiger partial charge in [0.1, 0.15) is 11.5 Å². The van der Waals surface area contributed by atoms with E-state index >= 15 is 0 Å². The highest BCUT2D eigenvalue weighted by atomic mass is 19.1. The first kappa shape index (κ1) is 16.7. The Kier molecular flexibility index (Phi) is 4.20. The molecule has 0 bridgehead atoms. The highest BCUT2D eigenvalue weighted by molar-refractivity contribution is 6.01. The Labute approximate surface area is 150 Å². The van der Waals surface area contributed by atoms with E-state index in [1.807, 2.05) is 18.2 Å². The second-order valence-electron chi connectivity index (χ2n) is 6.91. The maximum absolute atomic E-state index is 13.5. The Balaban J connectivity index is 1.63. The molecule has 3 aromatic rings. The number of pyridine rings is 1. The van der Waals surface area contributed by atoms with Crippen molar-refractivity contribution in [2.24, 2.45) is 5.92 Å².